The topological polar surface area (TPSA) is 12.0 Å². The molecule has 2 aromatic rings. The highest BCUT2D eigenvalue weighted by Crippen LogP contribution is 2.32. The van der Waals surface area contributed by atoms with Crippen molar-refractivity contribution in [3.63, 3.8) is 0 Å². The molecule has 1 aromatic carbocycles. The predicted molar refractivity (Wildman–Crippen MR) is 78.9 cm³/mol. The lowest BCUT2D eigenvalue weighted by Gasteiger charge is -2.17. The van der Waals surface area contributed by atoms with Gasteiger partial charge in [0, 0.05) is 4.88 Å². The van der Waals surface area contributed by atoms with E-state index in [1.807, 2.05) is 13.0 Å². The number of hydrogen-bond donors (Lipinski definition) is 1. The van der Waals surface area contributed by atoms with Gasteiger partial charge < -0.3 is 5.32 Å². The average molecular weight is 349 g/mol. The summed E-state index contributed by atoms with van der Waals surface area (Å²) < 4.78 is 14.3. The first kappa shape index (κ1) is 14.0. The summed E-state index contributed by atoms with van der Waals surface area (Å²) >= 11 is 11.0. The zero-order valence-electron chi connectivity index (χ0n) is 9.71. The lowest BCUT2D eigenvalue weighted by molar-refractivity contribution is 0.617. The average Bonchev–Trinajstić information content (AvgIpc) is 2.76. The quantitative estimate of drug-likeness (QED) is 0.819. The van der Waals surface area contributed by atoms with Gasteiger partial charge in [-0.25, -0.2) is 4.39 Å². The molecule has 0 aliphatic heterocycles. The zero-order chi connectivity index (χ0) is 13.1. The van der Waals surface area contributed by atoms with E-state index in [1.165, 1.54) is 10.9 Å². The summed E-state index contributed by atoms with van der Waals surface area (Å²) in [5.41, 5.74) is 0.970. The molecule has 0 saturated heterocycles. The third-order valence-electron chi connectivity index (χ3n) is 2.56. The monoisotopic (exact) mass is 347 g/mol. The molecule has 5 heteroatoms. The van der Waals surface area contributed by atoms with Crippen molar-refractivity contribution in [2.75, 3.05) is 6.54 Å². The van der Waals surface area contributed by atoms with Crippen LogP contribution in [0.5, 0.6) is 0 Å². The molecule has 0 fully saturated rings. The standard InChI is InChI=1S/C13H12BrClFNS/c1-2-17-13(11-5-6-12(14)18-11)8-3-4-10(16)9(15)7-8/h3-7,13,17H,2H2,1H3. The minimum Gasteiger partial charge on any atom is -0.306 e. The smallest absolute Gasteiger partial charge is 0.141 e. The summed E-state index contributed by atoms with van der Waals surface area (Å²) in [6, 6.07) is 8.96. The fraction of sp³-hybridized carbons (Fsp3) is 0.231. The summed E-state index contributed by atoms with van der Waals surface area (Å²) in [6.07, 6.45) is 0. The van der Waals surface area contributed by atoms with Crippen molar-refractivity contribution in [1.29, 1.82) is 0 Å². The van der Waals surface area contributed by atoms with Gasteiger partial charge in [-0.05, 0) is 52.3 Å². The number of nitrogens with one attached hydrogen (secondary N) is 1. The molecular weight excluding hydrogens is 337 g/mol. The third kappa shape index (κ3) is 3.12. The number of benzene rings is 1. The van der Waals surface area contributed by atoms with E-state index >= 15 is 0 Å². The molecule has 1 unspecified atom stereocenters. The lowest BCUT2D eigenvalue weighted by Crippen LogP contribution is -2.21. The first-order valence-electron chi connectivity index (χ1n) is 5.55. The highest BCUT2D eigenvalue weighted by molar-refractivity contribution is 9.11. The van der Waals surface area contributed by atoms with Crippen LogP contribution in [0.25, 0.3) is 0 Å². The lowest BCUT2D eigenvalue weighted by atomic mass is 10.1. The first-order valence-corrected chi connectivity index (χ1v) is 7.54. The SMILES string of the molecule is CCNC(c1ccc(F)c(Cl)c1)c1ccc(Br)s1. The van der Waals surface area contributed by atoms with E-state index in [-0.39, 0.29) is 16.9 Å². The number of halogens is 3. The molecule has 0 spiro atoms. The molecule has 0 saturated carbocycles. The highest BCUT2D eigenvalue weighted by atomic mass is 79.9. The normalized spacial score (nSPS) is 12.7. The van der Waals surface area contributed by atoms with E-state index in [4.69, 9.17) is 11.6 Å². The van der Waals surface area contributed by atoms with Crippen LogP contribution in [0.15, 0.2) is 34.1 Å². The van der Waals surface area contributed by atoms with Crippen molar-refractivity contribution < 1.29 is 4.39 Å². The maximum Gasteiger partial charge on any atom is 0.141 e. The van der Waals surface area contributed by atoms with Crippen LogP contribution >= 0.6 is 38.9 Å². The minimum atomic E-state index is -0.386. The van der Waals surface area contributed by atoms with Crippen LogP contribution in [-0.4, -0.2) is 6.54 Å². The molecule has 0 bridgehead atoms. The van der Waals surface area contributed by atoms with Crippen LogP contribution in [0.1, 0.15) is 23.4 Å². The maximum absolute atomic E-state index is 13.2. The molecule has 0 radical (unpaired) electrons. The Balaban J connectivity index is 2.37. The summed E-state index contributed by atoms with van der Waals surface area (Å²) in [7, 11) is 0. The Bertz CT molecular complexity index is 544. The van der Waals surface area contributed by atoms with E-state index in [9.17, 15) is 4.39 Å². The van der Waals surface area contributed by atoms with Crippen LogP contribution in [-0.2, 0) is 0 Å². The Morgan fingerprint density at radius 2 is 2.17 bits per heavy atom. The van der Waals surface area contributed by atoms with Gasteiger partial charge >= 0.3 is 0 Å². The van der Waals surface area contributed by atoms with Gasteiger partial charge in [-0.3, -0.25) is 0 Å². The molecular formula is C13H12BrClFNS. The second-order valence-electron chi connectivity index (χ2n) is 3.81. The van der Waals surface area contributed by atoms with Crippen molar-refractivity contribution in [3.05, 3.63) is 55.4 Å². The van der Waals surface area contributed by atoms with Gasteiger partial charge in [-0.15, -0.1) is 11.3 Å². The number of hydrogen-bond acceptors (Lipinski definition) is 2. The van der Waals surface area contributed by atoms with Crippen molar-refractivity contribution in [2.45, 2.75) is 13.0 Å². The van der Waals surface area contributed by atoms with E-state index in [1.54, 1.807) is 23.5 Å². The second kappa shape index (κ2) is 6.15. The molecule has 0 amide bonds. The summed E-state index contributed by atoms with van der Waals surface area (Å²) in [5, 5.41) is 3.54. The molecule has 1 N–H and O–H groups in total. The molecule has 18 heavy (non-hydrogen) atoms. The fourth-order valence-corrected chi connectivity index (χ4v) is 3.48. The molecule has 96 valence electrons. The first-order chi connectivity index (χ1) is 8.61. The largest absolute Gasteiger partial charge is 0.306 e. The zero-order valence-corrected chi connectivity index (χ0v) is 12.9. The van der Waals surface area contributed by atoms with Crippen LogP contribution in [0.3, 0.4) is 0 Å². The van der Waals surface area contributed by atoms with Gasteiger partial charge in [0.05, 0.1) is 14.9 Å². The molecule has 1 aromatic heterocycles. The Hall–Kier alpha value is -0.420. The van der Waals surface area contributed by atoms with E-state index < -0.39 is 0 Å². The van der Waals surface area contributed by atoms with Crippen LogP contribution in [0.4, 0.5) is 4.39 Å². The van der Waals surface area contributed by atoms with Gasteiger partial charge in [0.25, 0.3) is 0 Å². The Morgan fingerprint density at radius 3 is 2.72 bits per heavy atom. The van der Waals surface area contributed by atoms with Gasteiger partial charge in [-0.1, -0.05) is 24.6 Å². The van der Waals surface area contributed by atoms with Gasteiger partial charge in [-0.2, -0.15) is 0 Å². The molecule has 1 nitrogen and oxygen atoms in total. The van der Waals surface area contributed by atoms with Crippen LogP contribution in [0, 0.1) is 5.82 Å². The predicted octanol–water partition coefficient (Wildman–Crippen LogP) is 5.00. The van der Waals surface area contributed by atoms with Crippen LogP contribution in [0.2, 0.25) is 5.02 Å². The van der Waals surface area contributed by atoms with Gasteiger partial charge in [0.1, 0.15) is 5.82 Å². The van der Waals surface area contributed by atoms with E-state index in [2.05, 4.69) is 27.3 Å². The van der Waals surface area contributed by atoms with Crippen molar-refractivity contribution in [1.82, 2.24) is 5.32 Å². The fourth-order valence-electron chi connectivity index (χ4n) is 1.76. The summed E-state index contributed by atoms with van der Waals surface area (Å²) in [6.45, 7) is 2.87. The van der Waals surface area contributed by atoms with Crippen LogP contribution < -0.4 is 5.32 Å². The van der Waals surface area contributed by atoms with Crippen molar-refractivity contribution in [3.8, 4) is 0 Å². The number of rotatable bonds is 4. The summed E-state index contributed by atoms with van der Waals surface area (Å²) in [4.78, 5) is 1.17. The molecule has 1 atom stereocenters. The Morgan fingerprint density at radius 1 is 1.39 bits per heavy atom. The van der Waals surface area contributed by atoms with E-state index in [0.717, 1.165) is 15.9 Å². The second-order valence-corrected chi connectivity index (χ2v) is 6.71. The van der Waals surface area contributed by atoms with E-state index in [0.29, 0.717) is 0 Å². The highest BCUT2D eigenvalue weighted by Gasteiger charge is 2.16. The molecule has 1 heterocycles. The Labute approximate surface area is 123 Å². The van der Waals surface area contributed by atoms with Gasteiger partial charge in [0.15, 0.2) is 0 Å². The Kier molecular flexibility index (Phi) is 4.78. The molecule has 2 rings (SSSR count). The van der Waals surface area contributed by atoms with Crippen molar-refractivity contribution in [2.24, 2.45) is 0 Å². The summed E-state index contributed by atoms with van der Waals surface area (Å²) in [5.74, 6) is -0.386. The van der Waals surface area contributed by atoms with Crippen molar-refractivity contribution >= 4 is 38.9 Å². The molecule has 0 aliphatic rings. The number of thiophene rings is 1. The minimum absolute atomic E-state index is 0.0457. The maximum atomic E-state index is 13.2. The van der Waals surface area contributed by atoms with Gasteiger partial charge in [0.2, 0.25) is 0 Å². The molecule has 0 aliphatic carbocycles. The third-order valence-corrected chi connectivity index (χ3v) is 4.54.